The first-order valence-electron chi connectivity index (χ1n) is 16.3. The summed E-state index contributed by atoms with van der Waals surface area (Å²) in [5.74, 6) is -0.981. The lowest BCUT2D eigenvalue weighted by molar-refractivity contribution is -0.757. The molecule has 0 aliphatic heterocycles. The summed E-state index contributed by atoms with van der Waals surface area (Å²) >= 11 is 0. The first-order valence-corrected chi connectivity index (χ1v) is 17.7. The molecule has 0 fully saturated rings. The van der Waals surface area contributed by atoms with Crippen molar-refractivity contribution in [3.8, 4) is 34.8 Å². The monoisotopic (exact) mass is 756 g/mol. The Labute approximate surface area is 305 Å². The highest BCUT2D eigenvalue weighted by Gasteiger charge is 2.38. The second-order valence-corrected chi connectivity index (χ2v) is 13.9. The highest BCUT2D eigenvalue weighted by molar-refractivity contribution is 7.92. The molecule has 0 spiro atoms. The lowest BCUT2D eigenvalue weighted by Gasteiger charge is -2.30. The van der Waals surface area contributed by atoms with Gasteiger partial charge in [-0.25, -0.2) is 32.5 Å². The van der Waals surface area contributed by atoms with Crippen LogP contribution in [0.3, 0.4) is 0 Å². The second kappa shape index (κ2) is 18.1. The number of hydrogen-bond donors (Lipinski definition) is 1. The Bertz CT molecular complexity index is 1940. The number of anilines is 1. The van der Waals surface area contributed by atoms with Crippen molar-refractivity contribution in [1.29, 1.82) is 0 Å². The Kier molecular flexibility index (Phi) is 13.6. The fraction of sp³-hybridized carbons (Fsp3) is 0.382. The lowest BCUT2D eigenvalue weighted by Crippen LogP contribution is -2.42. The maximum atomic E-state index is 14.8. The first kappa shape index (κ1) is 40.0. The van der Waals surface area contributed by atoms with Gasteiger partial charge in [-0.2, -0.15) is 4.98 Å². The number of benzene rings is 2. The van der Waals surface area contributed by atoms with Crippen molar-refractivity contribution in [3.05, 3.63) is 82.7 Å². The molecular weight excluding hydrogens is 716 g/mol. The van der Waals surface area contributed by atoms with Gasteiger partial charge in [0.15, 0.2) is 29.4 Å². The normalized spacial score (nSPS) is 12.0. The van der Waals surface area contributed by atoms with Crippen molar-refractivity contribution in [3.63, 3.8) is 0 Å². The Morgan fingerprint density at radius 2 is 1.60 bits per heavy atom. The quantitative estimate of drug-likeness (QED) is 0.0459. The van der Waals surface area contributed by atoms with Crippen LogP contribution in [0, 0.1) is 10.1 Å². The molecule has 0 aliphatic carbocycles. The standard InChI is InChI=1S/C34H40N6O12S/c1-23(51-33(42)49-20-8-9-21-50-40(43)44)39(53(45,46)25-15-13-24(14-16-25)34(2,3)4)31-28(52-27-12-7-6-11-26(27)47-5)32(48-22-19-41)38-30(37-31)29-35-17-10-18-36-29/h6-7,10-18,23,41H,8-9,19-22H2,1-5H3. The zero-order valence-corrected chi connectivity index (χ0v) is 30.5. The van der Waals surface area contributed by atoms with Crippen LogP contribution in [-0.2, 0) is 29.7 Å². The number of carbonyl (C=O) groups excluding carboxylic acids is 1. The smallest absolute Gasteiger partial charge is 0.493 e. The van der Waals surface area contributed by atoms with Crippen LogP contribution in [0.15, 0.2) is 71.9 Å². The van der Waals surface area contributed by atoms with E-state index in [1.165, 1.54) is 38.6 Å². The molecule has 1 unspecified atom stereocenters. The van der Waals surface area contributed by atoms with Crippen LogP contribution >= 0.6 is 0 Å². The molecule has 0 aliphatic rings. The average Bonchev–Trinajstić information content (AvgIpc) is 3.13. The summed E-state index contributed by atoms with van der Waals surface area (Å²) in [4.78, 5) is 44.8. The lowest BCUT2D eigenvalue weighted by atomic mass is 9.87. The summed E-state index contributed by atoms with van der Waals surface area (Å²) in [5.41, 5.74) is 0.550. The van der Waals surface area contributed by atoms with Crippen molar-refractivity contribution < 1.29 is 51.9 Å². The Morgan fingerprint density at radius 3 is 2.23 bits per heavy atom. The molecule has 19 heteroatoms. The van der Waals surface area contributed by atoms with Crippen molar-refractivity contribution in [2.75, 3.05) is 37.8 Å². The number of aromatic nitrogens is 4. The summed E-state index contributed by atoms with van der Waals surface area (Å²) in [6.45, 7) is 6.04. The van der Waals surface area contributed by atoms with E-state index in [-0.39, 0.29) is 77.8 Å². The van der Waals surface area contributed by atoms with Gasteiger partial charge in [0, 0.05) is 12.4 Å². The van der Waals surface area contributed by atoms with E-state index >= 15 is 0 Å². The van der Waals surface area contributed by atoms with E-state index in [9.17, 15) is 28.4 Å². The molecule has 0 saturated carbocycles. The van der Waals surface area contributed by atoms with Crippen molar-refractivity contribution in [2.45, 2.75) is 57.1 Å². The fourth-order valence-corrected chi connectivity index (χ4v) is 6.16. The topological polar surface area (TPSA) is 225 Å². The van der Waals surface area contributed by atoms with Gasteiger partial charge in [0.1, 0.15) is 6.61 Å². The number of nitrogens with zero attached hydrogens (tertiary/aromatic N) is 6. The number of hydrogen-bond acceptors (Lipinski definition) is 16. The minimum atomic E-state index is -4.70. The molecule has 2 aromatic carbocycles. The van der Waals surface area contributed by atoms with Gasteiger partial charge in [0.2, 0.25) is 11.6 Å². The minimum absolute atomic E-state index is 0.0210. The third-order valence-corrected chi connectivity index (χ3v) is 9.09. The van der Waals surface area contributed by atoms with Crippen LogP contribution < -0.4 is 18.5 Å². The number of aliphatic hydroxyl groups excluding tert-OH is 1. The van der Waals surface area contributed by atoms with E-state index in [1.54, 1.807) is 42.5 Å². The molecule has 2 heterocycles. The third kappa shape index (κ3) is 10.6. The van der Waals surface area contributed by atoms with Gasteiger partial charge < -0.3 is 33.6 Å². The van der Waals surface area contributed by atoms with E-state index in [0.29, 0.717) is 4.31 Å². The van der Waals surface area contributed by atoms with Crippen LogP contribution in [0.5, 0.6) is 23.1 Å². The van der Waals surface area contributed by atoms with Gasteiger partial charge in [0.25, 0.3) is 21.0 Å². The molecule has 1 atom stereocenters. The molecule has 1 N–H and O–H groups in total. The number of carbonyl (C=O) groups is 1. The van der Waals surface area contributed by atoms with Gasteiger partial charge >= 0.3 is 6.16 Å². The highest BCUT2D eigenvalue weighted by atomic mass is 32.2. The van der Waals surface area contributed by atoms with Gasteiger partial charge in [-0.05, 0) is 61.1 Å². The molecule has 4 aromatic rings. The maximum Gasteiger partial charge on any atom is 0.510 e. The second-order valence-electron chi connectivity index (χ2n) is 12.1. The number of sulfonamides is 1. The molecular formula is C34H40N6O12S. The molecule has 0 bridgehead atoms. The van der Waals surface area contributed by atoms with E-state index in [2.05, 4.69) is 24.8 Å². The molecule has 4 rings (SSSR count). The number of para-hydroxylation sites is 2. The molecule has 18 nitrogen and oxygen atoms in total. The predicted octanol–water partition coefficient (Wildman–Crippen LogP) is 5.09. The van der Waals surface area contributed by atoms with E-state index in [1.807, 2.05) is 20.8 Å². The van der Waals surface area contributed by atoms with Gasteiger partial charge in [-0.1, -0.05) is 45.0 Å². The highest BCUT2D eigenvalue weighted by Crippen LogP contribution is 2.44. The summed E-state index contributed by atoms with van der Waals surface area (Å²) < 4.78 is 58.4. The fourth-order valence-electron chi connectivity index (χ4n) is 4.67. The number of ether oxygens (including phenoxy) is 5. The van der Waals surface area contributed by atoms with Crippen LogP contribution in [0.25, 0.3) is 11.6 Å². The SMILES string of the molecule is COc1ccccc1Oc1c(OCCO)nc(-c2ncccn2)nc1N(C(C)OC(=O)OCCCCO[N+](=O)[O-])S(=O)(=O)c1ccc(C(C)(C)C)cc1. The van der Waals surface area contributed by atoms with E-state index in [4.69, 9.17) is 23.7 Å². The van der Waals surface area contributed by atoms with E-state index < -0.39 is 39.9 Å². The van der Waals surface area contributed by atoms with Crippen molar-refractivity contribution in [1.82, 2.24) is 19.9 Å². The molecule has 0 amide bonds. The third-order valence-electron chi connectivity index (χ3n) is 7.23. The maximum absolute atomic E-state index is 14.8. The van der Waals surface area contributed by atoms with Crippen LogP contribution in [0.2, 0.25) is 0 Å². The number of methoxy groups -OCH3 is 1. The minimum Gasteiger partial charge on any atom is -0.493 e. The zero-order chi connectivity index (χ0) is 38.6. The largest absolute Gasteiger partial charge is 0.510 e. The van der Waals surface area contributed by atoms with Crippen LogP contribution in [0.4, 0.5) is 10.6 Å². The number of unbranched alkanes of at least 4 members (excludes halogenated alkanes) is 1. The zero-order valence-electron chi connectivity index (χ0n) is 29.7. The van der Waals surface area contributed by atoms with Crippen LogP contribution in [0.1, 0.15) is 46.1 Å². The molecule has 0 radical (unpaired) electrons. The van der Waals surface area contributed by atoms with Crippen molar-refractivity contribution >= 4 is 22.0 Å². The van der Waals surface area contributed by atoms with Gasteiger partial charge in [-0.3, -0.25) is 0 Å². The van der Waals surface area contributed by atoms with E-state index in [0.717, 1.165) is 5.56 Å². The van der Waals surface area contributed by atoms with Crippen molar-refractivity contribution in [2.24, 2.45) is 0 Å². The number of aliphatic hydroxyl groups is 1. The molecule has 284 valence electrons. The predicted molar refractivity (Wildman–Crippen MR) is 188 cm³/mol. The van der Waals surface area contributed by atoms with Gasteiger partial charge in [0.05, 0.1) is 31.8 Å². The number of rotatable bonds is 18. The molecule has 0 saturated heterocycles. The summed E-state index contributed by atoms with van der Waals surface area (Å²) in [6, 6.07) is 14.2. The Balaban J connectivity index is 1.90. The molecule has 53 heavy (non-hydrogen) atoms. The Morgan fingerprint density at radius 1 is 0.943 bits per heavy atom. The molecule has 2 aromatic heterocycles. The summed E-state index contributed by atoms with van der Waals surface area (Å²) in [5, 5.41) is 19.1. The average molecular weight is 757 g/mol. The Hall–Kier alpha value is -5.82. The van der Waals surface area contributed by atoms with Gasteiger partial charge in [-0.15, -0.1) is 10.1 Å². The first-order chi connectivity index (χ1) is 25.3. The summed E-state index contributed by atoms with van der Waals surface area (Å²) in [6.07, 6.45) is 0.317. The summed E-state index contributed by atoms with van der Waals surface area (Å²) in [7, 11) is -3.29. The van der Waals surface area contributed by atoms with Crippen LogP contribution in [-0.4, -0.2) is 84.5 Å².